The van der Waals surface area contributed by atoms with Gasteiger partial charge in [0.05, 0.1) is 29.8 Å². The summed E-state index contributed by atoms with van der Waals surface area (Å²) in [6, 6.07) is 13.0. The highest BCUT2D eigenvalue weighted by Crippen LogP contribution is 2.28. The summed E-state index contributed by atoms with van der Waals surface area (Å²) >= 11 is 0. The van der Waals surface area contributed by atoms with E-state index in [2.05, 4.69) is 20.6 Å². The SMILES string of the molecule is Cn1cc(-c2ccc(OCc3ccc(F)cc3)c(C(=O)Nc3ccnnc3)c2)cn1. The van der Waals surface area contributed by atoms with Crippen molar-refractivity contribution in [3.05, 3.63) is 90.3 Å². The van der Waals surface area contributed by atoms with Crippen molar-refractivity contribution in [2.24, 2.45) is 7.05 Å². The van der Waals surface area contributed by atoms with E-state index in [0.29, 0.717) is 17.0 Å². The molecule has 0 atom stereocenters. The van der Waals surface area contributed by atoms with Crippen molar-refractivity contribution in [2.75, 3.05) is 5.32 Å². The predicted molar refractivity (Wildman–Crippen MR) is 109 cm³/mol. The van der Waals surface area contributed by atoms with Crippen LogP contribution in [0.4, 0.5) is 10.1 Å². The first-order valence-electron chi connectivity index (χ1n) is 9.17. The third kappa shape index (κ3) is 4.49. The monoisotopic (exact) mass is 403 g/mol. The van der Waals surface area contributed by atoms with E-state index >= 15 is 0 Å². The molecule has 1 amide bonds. The molecular formula is C22H18FN5O2. The maximum Gasteiger partial charge on any atom is 0.259 e. The molecule has 0 aliphatic heterocycles. The number of nitrogens with one attached hydrogen (secondary N) is 1. The first-order chi connectivity index (χ1) is 14.6. The van der Waals surface area contributed by atoms with Crippen molar-refractivity contribution >= 4 is 11.6 Å². The van der Waals surface area contributed by atoms with Crippen LogP contribution < -0.4 is 10.1 Å². The van der Waals surface area contributed by atoms with Crippen molar-refractivity contribution in [1.82, 2.24) is 20.0 Å². The van der Waals surface area contributed by atoms with E-state index in [0.717, 1.165) is 16.7 Å². The minimum absolute atomic E-state index is 0.198. The van der Waals surface area contributed by atoms with Gasteiger partial charge in [-0.15, -0.1) is 0 Å². The average molecular weight is 403 g/mol. The average Bonchev–Trinajstić information content (AvgIpc) is 3.20. The summed E-state index contributed by atoms with van der Waals surface area (Å²) in [7, 11) is 1.83. The second kappa shape index (κ2) is 8.52. The Morgan fingerprint density at radius 3 is 2.60 bits per heavy atom. The highest BCUT2D eigenvalue weighted by Gasteiger charge is 2.16. The highest BCUT2D eigenvalue weighted by atomic mass is 19.1. The zero-order chi connectivity index (χ0) is 20.9. The molecule has 0 aliphatic rings. The number of nitrogens with zero attached hydrogens (tertiary/aromatic N) is 4. The first kappa shape index (κ1) is 19.3. The van der Waals surface area contributed by atoms with Gasteiger partial charge in [0.25, 0.3) is 5.91 Å². The van der Waals surface area contributed by atoms with E-state index in [4.69, 9.17) is 4.74 Å². The van der Waals surface area contributed by atoms with Gasteiger partial charge >= 0.3 is 0 Å². The predicted octanol–water partition coefficient (Wildman–Crippen LogP) is 3.85. The fourth-order valence-electron chi connectivity index (χ4n) is 2.89. The molecule has 7 nitrogen and oxygen atoms in total. The number of aromatic nitrogens is 4. The molecule has 30 heavy (non-hydrogen) atoms. The molecule has 150 valence electrons. The molecule has 0 aliphatic carbocycles. The van der Waals surface area contributed by atoms with E-state index in [1.54, 1.807) is 41.2 Å². The van der Waals surface area contributed by atoms with Gasteiger partial charge in [-0.3, -0.25) is 9.48 Å². The topological polar surface area (TPSA) is 81.9 Å². The number of rotatable bonds is 6. The van der Waals surface area contributed by atoms with Crippen LogP contribution in [0.5, 0.6) is 5.75 Å². The van der Waals surface area contributed by atoms with Gasteiger partial charge < -0.3 is 10.1 Å². The molecule has 2 aromatic heterocycles. The maximum absolute atomic E-state index is 13.1. The van der Waals surface area contributed by atoms with E-state index in [9.17, 15) is 9.18 Å². The molecule has 8 heteroatoms. The molecule has 0 saturated carbocycles. The lowest BCUT2D eigenvalue weighted by molar-refractivity contribution is 0.102. The Balaban J connectivity index is 1.63. The minimum Gasteiger partial charge on any atom is -0.488 e. The smallest absolute Gasteiger partial charge is 0.259 e. The van der Waals surface area contributed by atoms with Crippen LogP contribution in [0.2, 0.25) is 0 Å². The molecular weight excluding hydrogens is 385 g/mol. The molecule has 4 rings (SSSR count). The van der Waals surface area contributed by atoms with Crippen LogP contribution in [0.3, 0.4) is 0 Å². The summed E-state index contributed by atoms with van der Waals surface area (Å²) in [6.07, 6.45) is 6.54. The zero-order valence-corrected chi connectivity index (χ0v) is 16.1. The number of carbonyl (C=O) groups excluding carboxylic acids is 1. The molecule has 2 aromatic carbocycles. The molecule has 0 unspecified atom stereocenters. The summed E-state index contributed by atoms with van der Waals surface area (Å²) in [5, 5.41) is 14.4. The number of hydrogen-bond donors (Lipinski definition) is 1. The largest absolute Gasteiger partial charge is 0.488 e. The van der Waals surface area contributed by atoms with Gasteiger partial charge in [-0.2, -0.15) is 15.3 Å². The van der Waals surface area contributed by atoms with Gasteiger partial charge in [-0.05, 0) is 41.5 Å². The lowest BCUT2D eigenvalue weighted by atomic mass is 10.0. The van der Waals surface area contributed by atoms with Crippen LogP contribution in [-0.4, -0.2) is 25.9 Å². The Morgan fingerprint density at radius 2 is 1.90 bits per heavy atom. The number of hydrogen-bond acceptors (Lipinski definition) is 5. The van der Waals surface area contributed by atoms with Crippen LogP contribution >= 0.6 is 0 Å². The van der Waals surface area contributed by atoms with Crippen molar-refractivity contribution in [1.29, 1.82) is 0 Å². The maximum atomic E-state index is 13.1. The normalized spacial score (nSPS) is 10.6. The van der Waals surface area contributed by atoms with Gasteiger partial charge in [-0.25, -0.2) is 4.39 Å². The van der Waals surface area contributed by atoms with Crippen LogP contribution in [0.25, 0.3) is 11.1 Å². The molecule has 0 radical (unpaired) electrons. The van der Waals surface area contributed by atoms with Gasteiger partial charge in [0, 0.05) is 18.8 Å². The Kier molecular flexibility index (Phi) is 5.47. The molecule has 4 aromatic rings. The van der Waals surface area contributed by atoms with Crippen molar-refractivity contribution in [3.8, 4) is 16.9 Å². The third-order valence-corrected chi connectivity index (χ3v) is 4.41. The molecule has 1 N–H and O–H groups in total. The lowest BCUT2D eigenvalue weighted by Gasteiger charge is -2.13. The second-order valence-corrected chi connectivity index (χ2v) is 6.61. The summed E-state index contributed by atoms with van der Waals surface area (Å²) in [6.45, 7) is 0.198. The molecule has 0 fully saturated rings. The summed E-state index contributed by atoms with van der Waals surface area (Å²) < 4.78 is 20.7. The number of aryl methyl sites for hydroxylation is 1. The minimum atomic E-state index is -0.345. The van der Waals surface area contributed by atoms with Crippen molar-refractivity contribution in [2.45, 2.75) is 6.61 Å². The fraction of sp³-hybridized carbons (Fsp3) is 0.0909. The van der Waals surface area contributed by atoms with Crippen molar-refractivity contribution < 1.29 is 13.9 Å². The number of anilines is 1. The van der Waals surface area contributed by atoms with Gasteiger partial charge in [0.2, 0.25) is 0 Å². The van der Waals surface area contributed by atoms with Crippen LogP contribution in [0, 0.1) is 5.82 Å². The third-order valence-electron chi connectivity index (χ3n) is 4.41. The molecule has 0 spiro atoms. The van der Waals surface area contributed by atoms with Crippen molar-refractivity contribution in [3.63, 3.8) is 0 Å². The Hall–Kier alpha value is -4.07. The lowest BCUT2D eigenvalue weighted by Crippen LogP contribution is -2.14. The number of halogens is 1. The first-order valence-corrected chi connectivity index (χ1v) is 9.17. The summed E-state index contributed by atoms with van der Waals surface area (Å²) in [4.78, 5) is 13.0. The Morgan fingerprint density at radius 1 is 1.07 bits per heavy atom. The van der Waals surface area contributed by atoms with E-state index in [1.807, 2.05) is 19.3 Å². The standard InChI is InChI=1S/C22H18FN5O2/c1-28-13-17(11-26-28)16-4-7-21(30-14-15-2-5-18(23)6-3-15)20(10-16)22(29)27-19-8-9-24-25-12-19/h2-13H,14H2,1H3,(H,24,27,29). The second-order valence-electron chi connectivity index (χ2n) is 6.61. The van der Waals surface area contributed by atoms with Crippen LogP contribution in [0.15, 0.2) is 73.3 Å². The number of amides is 1. The van der Waals surface area contributed by atoms with Crippen LogP contribution in [-0.2, 0) is 13.7 Å². The van der Waals surface area contributed by atoms with E-state index < -0.39 is 0 Å². The number of ether oxygens (including phenoxy) is 1. The molecule has 2 heterocycles. The molecule has 0 bridgehead atoms. The van der Waals surface area contributed by atoms with Gasteiger partial charge in [0.15, 0.2) is 0 Å². The van der Waals surface area contributed by atoms with Crippen LogP contribution in [0.1, 0.15) is 15.9 Å². The quantitative estimate of drug-likeness (QED) is 0.529. The summed E-state index contributed by atoms with van der Waals surface area (Å²) in [5.41, 5.74) is 3.37. The number of carbonyl (C=O) groups is 1. The highest BCUT2D eigenvalue weighted by molar-refractivity contribution is 6.06. The van der Waals surface area contributed by atoms with E-state index in [-0.39, 0.29) is 18.3 Å². The zero-order valence-electron chi connectivity index (χ0n) is 16.1. The fourth-order valence-corrected chi connectivity index (χ4v) is 2.89. The Labute approximate surface area is 172 Å². The van der Waals surface area contributed by atoms with Gasteiger partial charge in [-0.1, -0.05) is 18.2 Å². The van der Waals surface area contributed by atoms with E-state index in [1.165, 1.54) is 24.5 Å². The molecule has 0 saturated heterocycles. The number of benzene rings is 2. The summed E-state index contributed by atoms with van der Waals surface area (Å²) in [5.74, 6) is -0.250. The van der Waals surface area contributed by atoms with Gasteiger partial charge in [0.1, 0.15) is 18.2 Å². The Bertz CT molecular complexity index is 1160.